The molecule has 0 fully saturated rings. The van der Waals surface area contributed by atoms with Crippen molar-refractivity contribution >= 4 is 11.6 Å². The zero-order valence-electron chi connectivity index (χ0n) is 18.7. The average molecular weight is 446 g/mol. The number of benzene rings is 1. The van der Waals surface area contributed by atoms with Gasteiger partial charge in [-0.2, -0.15) is 0 Å². The molecule has 2 N–H and O–H groups in total. The van der Waals surface area contributed by atoms with Gasteiger partial charge in [-0.25, -0.2) is 4.98 Å². The SMILES string of the molecule is CCCOc1ccccc1Oc1ncccc1CNC(=NC)NCc1nnc2ccccn12. The summed E-state index contributed by atoms with van der Waals surface area (Å²) in [7, 11) is 1.72. The Balaban J connectivity index is 1.40. The van der Waals surface area contributed by atoms with Crippen molar-refractivity contribution in [1.29, 1.82) is 0 Å². The maximum atomic E-state index is 6.11. The monoisotopic (exact) mass is 445 g/mol. The first-order chi connectivity index (χ1) is 16.3. The molecule has 0 spiro atoms. The second kappa shape index (κ2) is 10.9. The zero-order valence-corrected chi connectivity index (χ0v) is 18.7. The van der Waals surface area contributed by atoms with E-state index in [1.807, 2.05) is 65.2 Å². The molecule has 0 unspecified atom stereocenters. The van der Waals surface area contributed by atoms with Crippen molar-refractivity contribution in [3.05, 3.63) is 78.4 Å². The van der Waals surface area contributed by atoms with E-state index in [9.17, 15) is 0 Å². The third-order valence-electron chi connectivity index (χ3n) is 4.84. The molecule has 0 amide bonds. The van der Waals surface area contributed by atoms with Gasteiger partial charge in [0.2, 0.25) is 5.88 Å². The minimum Gasteiger partial charge on any atom is -0.490 e. The molecule has 1 aromatic carbocycles. The summed E-state index contributed by atoms with van der Waals surface area (Å²) in [6, 6.07) is 17.2. The van der Waals surface area contributed by atoms with Gasteiger partial charge in [0.1, 0.15) is 0 Å². The van der Waals surface area contributed by atoms with Crippen LogP contribution in [0.2, 0.25) is 0 Å². The first-order valence-electron chi connectivity index (χ1n) is 10.8. The van der Waals surface area contributed by atoms with Gasteiger partial charge in [-0.15, -0.1) is 10.2 Å². The highest BCUT2D eigenvalue weighted by atomic mass is 16.5. The Labute approximate surface area is 192 Å². The molecule has 33 heavy (non-hydrogen) atoms. The highest BCUT2D eigenvalue weighted by Gasteiger charge is 2.11. The molecule has 0 saturated heterocycles. The average Bonchev–Trinajstić information content (AvgIpc) is 3.27. The molecule has 4 rings (SSSR count). The molecule has 0 aliphatic heterocycles. The van der Waals surface area contributed by atoms with E-state index in [1.54, 1.807) is 13.2 Å². The third-order valence-corrected chi connectivity index (χ3v) is 4.84. The molecule has 9 heteroatoms. The largest absolute Gasteiger partial charge is 0.490 e. The number of rotatable bonds is 9. The van der Waals surface area contributed by atoms with Crippen LogP contribution >= 0.6 is 0 Å². The quantitative estimate of drug-likeness (QED) is 0.300. The molecule has 0 aliphatic carbocycles. The minimum atomic E-state index is 0.474. The highest BCUT2D eigenvalue weighted by Crippen LogP contribution is 2.31. The Kier molecular flexibility index (Phi) is 7.32. The standard InChI is InChI=1S/C24H27N7O2/c1-3-15-32-19-10-4-5-11-20(19)33-23-18(9-8-13-26-23)16-27-24(25-2)28-17-22-30-29-21-12-6-7-14-31(21)22/h4-14H,3,15-17H2,1-2H3,(H2,25,27,28). The van der Waals surface area contributed by atoms with Gasteiger partial charge in [0.05, 0.1) is 13.2 Å². The highest BCUT2D eigenvalue weighted by molar-refractivity contribution is 5.79. The molecule has 0 saturated carbocycles. The number of hydrogen-bond donors (Lipinski definition) is 2. The molecule has 4 aromatic rings. The first kappa shape index (κ1) is 22.1. The lowest BCUT2D eigenvalue weighted by Crippen LogP contribution is -2.36. The van der Waals surface area contributed by atoms with Crippen molar-refractivity contribution in [3.8, 4) is 17.4 Å². The Morgan fingerprint density at radius 1 is 0.970 bits per heavy atom. The zero-order chi connectivity index (χ0) is 22.9. The minimum absolute atomic E-state index is 0.474. The molecule has 9 nitrogen and oxygen atoms in total. The van der Waals surface area contributed by atoms with Crippen LogP contribution in [0.5, 0.6) is 17.4 Å². The van der Waals surface area contributed by atoms with Crippen LogP contribution in [0.15, 0.2) is 72.0 Å². The summed E-state index contributed by atoms with van der Waals surface area (Å²) >= 11 is 0. The molecule has 0 aliphatic rings. The summed E-state index contributed by atoms with van der Waals surface area (Å²) in [6.45, 7) is 3.64. The fourth-order valence-corrected chi connectivity index (χ4v) is 3.19. The summed E-state index contributed by atoms with van der Waals surface area (Å²) < 4.78 is 13.8. The predicted molar refractivity (Wildman–Crippen MR) is 127 cm³/mol. The number of fused-ring (bicyclic) bond motifs is 1. The van der Waals surface area contributed by atoms with Crippen LogP contribution in [0.3, 0.4) is 0 Å². The van der Waals surface area contributed by atoms with Crippen molar-refractivity contribution in [2.24, 2.45) is 4.99 Å². The van der Waals surface area contributed by atoms with E-state index >= 15 is 0 Å². The van der Waals surface area contributed by atoms with Crippen LogP contribution in [0.25, 0.3) is 5.65 Å². The summed E-state index contributed by atoms with van der Waals surface area (Å²) in [5.41, 5.74) is 1.69. The number of guanidine groups is 1. The Morgan fingerprint density at radius 2 is 1.79 bits per heavy atom. The molecule has 3 heterocycles. The van der Waals surface area contributed by atoms with E-state index in [0.29, 0.717) is 43.0 Å². The van der Waals surface area contributed by atoms with Gasteiger partial charge < -0.3 is 20.1 Å². The number of nitrogens with zero attached hydrogens (tertiary/aromatic N) is 5. The number of aliphatic imine (C=N–C) groups is 1. The van der Waals surface area contributed by atoms with Crippen LogP contribution in [0.1, 0.15) is 24.7 Å². The van der Waals surface area contributed by atoms with Crippen LogP contribution in [-0.4, -0.2) is 39.2 Å². The Morgan fingerprint density at radius 3 is 2.64 bits per heavy atom. The van der Waals surface area contributed by atoms with E-state index in [2.05, 4.69) is 37.7 Å². The number of nitrogens with one attached hydrogen (secondary N) is 2. The fourth-order valence-electron chi connectivity index (χ4n) is 3.19. The van der Waals surface area contributed by atoms with Gasteiger partial charge in [0.25, 0.3) is 0 Å². The molecule has 0 atom stereocenters. The van der Waals surface area contributed by atoms with Crippen LogP contribution in [0, 0.1) is 0 Å². The molecular weight excluding hydrogens is 418 g/mol. The van der Waals surface area contributed by atoms with E-state index in [0.717, 1.165) is 23.5 Å². The second-order valence-electron chi connectivity index (χ2n) is 7.19. The van der Waals surface area contributed by atoms with Crippen molar-refractivity contribution in [1.82, 2.24) is 30.2 Å². The van der Waals surface area contributed by atoms with Gasteiger partial charge >= 0.3 is 0 Å². The number of hydrogen-bond acceptors (Lipinski definition) is 6. The lowest BCUT2D eigenvalue weighted by molar-refractivity contribution is 0.300. The molecular formula is C24H27N7O2. The number of pyridine rings is 2. The third kappa shape index (κ3) is 5.57. The molecule has 170 valence electrons. The number of aromatic nitrogens is 4. The lowest BCUT2D eigenvalue weighted by Gasteiger charge is -2.15. The van der Waals surface area contributed by atoms with Crippen LogP contribution in [-0.2, 0) is 13.1 Å². The topological polar surface area (TPSA) is 98.0 Å². The lowest BCUT2D eigenvalue weighted by atomic mass is 10.2. The maximum Gasteiger partial charge on any atom is 0.224 e. The van der Waals surface area contributed by atoms with Gasteiger partial charge in [0.15, 0.2) is 28.9 Å². The molecule has 3 aromatic heterocycles. The van der Waals surface area contributed by atoms with E-state index in [-0.39, 0.29) is 0 Å². The van der Waals surface area contributed by atoms with Crippen LogP contribution < -0.4 is 20.1 Å². The summed E-state index contributed by atoms with van der Waals surface area (Å²) in [6.07, 6.45) is 4.56. The van der Waals surface area contributed by atoms with Gasteiger partial charge in [-0.05, 0) is 36.8 Å². The van der Waals surface area contributed by atoms with Crippen LogP contribution in [0.4, 0.5) is 0 Å². The van der Waals surface area contributed by atoms with Crippen molar-refractivity contribution in [2.75, 3.05) is 13.7 Å². The van der Waals surface area contributed by atoms with Crippen molar-refractivity contribution < 1.29 is 9.47 Å². The predicted octanol–water partition coefficient (Wildman–Crippen LogP) is 3.57. The summed E-state index contributed by atoms with van der Waals surface area (Å²) in [5.74, 6) is 3.26. The fraction of sp³-hybridized carbons (Fsp3) is 0.250. The van der Waals surface area contributed by atoms with E-state index < -0.39 is 0 Å². The van der Waals surface area contributed by atoms with Gasteiger partial charge in [-0.3, -0.25) is 9.39 Å². The normalized spacial score (nSPS) is 11.4. The summed E-state index contributed by atoms with van der Waals surface area (Å²) in [5, 5.41) is 15.0. The van der Waals surface area contributed by atoms with Gasteiger partial charge in [0, 0.05) is 31.5 Å². The maximum absolute atomic E-state index is 6.11. The Bertz CT molecular complexity index is 1220. The molecule has 0 bridgehead atoms. The second-order valence-corrected chi connectivity index (χ2v) is 7.19. The van der Waals surface area contributed by atoms with E-state index in [1.165, 1.54) is 0 Å². The van der Waals surface area contributed by atoms with Crippen molar-refractivity contribution in [2.45, 2.75) is 26.4 Å². The first-order valence-corrected chi connectivity index (χ1v) is 10.8. The van der Waals surface area contributed by atoms with E-state index in [4.69, 9.17) is 9.47 Å². The van der Waals surface area contributed by atoms with Gasteiger partial charge in [-0.1, -0.05) is 31.2 Å². The number of para-hydroxylation sites is 2. The number of ether oxygens (including phenoxy) is 2. The summed E-state index contributed by atoms with van der Waals surface area (Å²) in [4.78, 5) is 8.72. The smallest absolute Gasteiger partial charge is 0.224 e. The molecule has 0 radical (unpaired) electrons. The Hall–Kier alpha value is -4.14. The van der Waals surface area contributed by atoms with Crippen molar-refractivity contribution in [3.63, 3.8) is 0 Å².